The van der Waals surface area contributed by atoms with Gasteiger partial charge in [-0.1, -0.05) is 19.3 Å². The second-order valence-electron chi connectivity index (χ2n) is 3.24. The number of carbonyl (C=O) groups is 1. The van der Waals surface area contributed by atoms with E-state index in [-0.39, 0.29) is 12.5 Å². The maximum absolute atomic E-state index is 10.8. The first kappa shape index (κ1) is 9.52. The average Bonchev–Trinajstić information content (AvgIpc) is 2.16. The SMILES string of the molecule is CNC(=O)COC1CCCCC1. The third kappa shape index (κ3) is 3.22. The number of hydrogen-bond donors (Lipinski definition) is 1. The predicted molar refractivity (Wildman–Crippen MR) is 46.9 cm³/mol. The highest BCUT2D eigenvalue weighted by atomic mass is 16.5. The van der Waals surface area contributed by atoms with Gasteiger partial charge in [-0.15, -0.1) is 0 Å². The Bertz CT molecular complexity index is 141. The highest BCUT2D eigenvalue weighted by Gasteiger charge is 2.14. The third-order valence-electron chi connectivity index (χ3n) is 2.28. The lowest BCUT2D eigenvalue weighted by Crippen LogP contribution is -2.27. The molecule has 1 rings (SSSR count). The summed E-state index contributed by atoms with van der Waals surface area (Å²) in [6.07, 6.45) is 6.39. The first-order chi connectivity index (χ1) is 5.83. The maximum atomic E-state index is 10.8. The highest BCUT2D eigenvalue weighted by molar-refractivity contribution is 5.76. The van der Waals surface area contributed by atoms with Crippen LogP contribution in [-0.4, -0.2) is 25.7 Å². The van der Waals surface area contributed by atoms with Crippen molar-refractivity contribution >= 4 is 5.91 Å². The number of nitrogens with one attached hydrogen (secondary N) is 1. The van der Waals surface area contributed by atoms with Crippen molar-refractivity contribution in [3.63, 3.8) is 0 Å². The van der Waals surface area contributed by atoms with E-state index in [4.69, 9.17) is 4.74 Å². The molecule has 0 aliphatic heterocycles. The van der Waals surface area contributed by atoms with E-state index in [9.17, 15) is 4.79 Å². The highest BCUT2D eigenvalue weighted by Crippen LogP contribution is 2.19. The van der Waals surface area contributed by atoms with Crippen LogP contribution in [0, 0.1) is 0 Å². The van der Waals surface area contributed by atoms with Crippen LogP contribution in [0.2, 0.25) is 0 Å². The van der Waals surface area contributed by atoms with Crippen molar-refractivity contribution in [2.75, 3.05) is 13.7 Å². The summed E-state index contributed by atoms with van der Waals surface area (Å²) >= 11 is 0. The maximum Gasteiger partial charge on any atom is 0.245 e. The number of rotatable bonds is 3. The second-order valence-corrected chi connectivity index (χ2v) is 3.24. The Hall–Kier alpha value is -0.570. The van der Waals surface area contributed by atoms with Gasteiger partial charge in [-0.3, -0.25) is 4.79 Å². The average molecular weight is 171 g/mol. The van der Waals surface area contributed by atoms with E-state index in [2.05, 4.69) is 5.32 Å². The van der Waals surface area contributed by atoms with Gasteiger partial charge in [-0.05, 0) is 12.8 Å². The minimum absolute atomic E-state index is 0.0272. The topological polar surface area (TPSA) is 38.3 Å². The van der Waals surface area contributed by atoms with Crippen LogP contribution in [0.25, 0.3) is 0 Å². The molecular weight excluding hydrogens is 154 g/mol. The molecule has 3 heteroatoms. The minimum atomic E-state index is -0.0272. The molecule has 0 aromatic rings. The van der Waals surface area contributed by atoms with E-state index in [1.54, 1.807) is 7.05 Å². The molecule has 0 radical (unpaired) electrons. The fourth-order valence-electron chi connectivity index (χ4n) is 1.50. The molecule has 1 fully saturated rings. The Morgan fingerprint density at radius 3 is 2.67 bits per heavy atom. The molecular formula is C9H17NO2. The van der Waals surface area contributed by atoms with Crippen molar-refractivity contribution < 1.29 is 9.53 Å². The van der Waals surface area contributed by atoms with Gasteiger partial charge in [0.15, 0.2) is 0 Å². The van der Waals surface area contributed by atoms with Crippen molar-refractivity contribution in [3.8, 4) is 0 Å². The summed E-state index contributed by atoms with van der Waals surface area (Å²) in [5, 5.41) is 2.54. The van der Waals surface area contributed by atoms with Gasteiger partial charge in [0.25, 0.3) is 0 Å². The molecule has 0 atom stereocenters. The smallest absolute Gasteiger partial charge is 0.245 e. The Labute approximate surface area is 73.5 Å². The Morgan fingerprint density at radius 1 is 1.42 bits per heavy atom. The molecule has 1 amide bonds. The summed E-state index contributed by atoms with van der Waals surface area (Å²) in [6.45, 7) is 0.223. The van der Waals surface area contributed by atoms with Crippen LogP contribution in [0.1, 0.15) is 32.1 Å². The zero-order chi connectivity index (χ0) is 8.81. The van der Waals surface area contributed by atoms with Gasteiger partial charge in [-0.25, -0.2) is 0 Å². The normalized spacial score (nSPS) is 19.1. The van der Waals surface area contributed by atoms with Crippen molar-refractivity contribution in [2.45, 2.75) is 38.2 Å². The minimum Gasteiger partial charge on any atom is -0.368 e. The predicted octanol–water partition coefficient (Wildman–Crippen LogP) is 1.08. The van der Waals surface area contributed by atoms with Gasteiger partial charge in [-0.2, -0.15) is 0 Å². The summed E-state index contributed by atoms with van der Waals surface area (Å²) in [5.74, 6) is -0.0272. The summed E-state index contributed by atoms with van der Waals surface area (Å²) in [6, 6.07) is 0. The molecule has 0 saturated heterocycles. The van der Waals surface area contributed by atoms with Crippen LogP contribution >= 0.6 is 0 Å². The van der Waals surface area contributed by atoms with Gasteiger partial charge in [0.05, 0.1) is 6.10 Å². The number of carbonyl (C=O) groups excluding carboxylic acids is 1. The fourth-order valence-corrected chi connectivity index (χ4v) is 1.50. The zero-order valence-corrected chi connectivity index (χ0v) is 7.64. The zero-order valence-electron chi connectivity index (χ0n) is 7.64. The van der Waals surface area contributed by atoms with Crippen LogP contribution in [0.15, 0.2) is 0 Å². The second kappa shape index (κ2) is 5.14. The summed E-state index contributed by atoms with van der Waals surface area (Å²) < 4.78 is 5.42. The van der Waals surface area contributed by atoms with Crippen LogP contribution < -0.4 is 5.32 Å². The van der Waals surface area contributed by atoms with Crippen molar-refractivity contribution in [1.29, 1.82) is 0 Å². The van der Waals surface area contributed by atoms with E-state index in [1.165, 1.54) is 19.3 Å². The first-order valence-corrected chi connectivity index (χ1v) is 4.65. The standard InChI is InChI=1S/C9H17NO2/c1-10-9(11)7-12-8-5-3-2-4-6-8/h8H,2-7H2,1H3,(H,10,11). The number of likely N-dealkylation sites (N-methyl/N-ethyl adjacent to an activating group) is 1. The van der Waals surface area contributed by atoms with Crippen LogP contribution in [-0.2, 0) is 9.53 Å². The molecule has 1 aliphatic rings. The van der Waals surface area contributed by atoms with Crippen molar-refractivity contribution in [1.82, 2.24) is 5.32 Å². The summed E-state index contributed by atoms with van der Waals surface area (Å²) in [4.78, 5) is 10.8. The lowest BCUT2D eigenvalue weighted by atomic mass is 9.98. The van der Waals surface area contributed by atoms with Crippen LogP contribution in [0.4, 0.5) is 0 Å². The van der Waals surface area contributed by atoms with Crippen molar-refractivity contribution in [2.24, 2.45) is 0 Å². The van der Waals surface area contributed by atoms with E-state index in [0.717, 1.165) is 12.8 Å². The molecule has 3 nitrogen and oxygen atoms in total. The van der Waals surface area contributed by atoms with Crippen LogP contribution in [0.5, 0.6) is 0 Å². The van der Waals surface area contributed by atoms with E-state index in [1.807, 2.05) is 0 Å². The molecule has 0 spiro atoms. The molecule has 1 N–H and O–H groups in total. The Morgan fingerprint density at radius 2 is 2.08 bits per heavy atom. The molecule has 0 unspecified atom stereocenters. The fraction of sp³-hybridized carbons (Fsp3) is 0.889. The summed E-state index contributed by atoms with van der Waals surface area (Å²) in [7, 11) is 1.63. The van der Waals surface area contributed by atoms with Crippen molar-refractivity contribution in [3.05, 3.63) is 0 Å². The third-order valence-corrected chi connectivity index (χ3v) is 2.28. The molecule has 0 bridgehead atoms. The van der Waals surface area contributed by atoms with Crippen LogP contribution in [0.3, 0.4) is 0 Å². The largest absolute Gasteiger partial charge is 0.368 e. The van der Waals surface area contributed by atoms with Gasteiger partial charge in [0.1, 0.15) is 6.61 Å². The van der Waals surface area contributed by atoms with Gasteiger partial charge < -0.3 is 10.1 Å². The molecule has 0 aromatic heterocycles. The molecule has 0 heterocycles. The molecule has 70 valence electrons. The summed E-state index contributed by atoms with van der Waals surface area (Å²) in [5.41, 5.74) is 0. The van der Waals surface area contributed by atoms with E-state index in [0.29, 0.717) is 6.10 Å². The van der Waals surface area contributed by atoms with E-state index < -0.39 is 0 Å². The lowest BCUT2D eigenvalue weighted by molar-refractivity contribution is -0.127. The molecule has 1 saturated carbocycles. The molecule has 0 aromatic carbocycles. The monoisotopic (exact) mass is 171 g/mol. The first-order valence-electron chi connectivity index (χ1n) is 4.65. The number of amides is 1. The van der Waals surface area contributed by atoms with Gasteiger partial charge in [0.2, 0.25) is 5.91 Å². The number of hydrogen-bond acceptors (Lipinski definition) is 2. The van der Waals surface area contributed by atoms with Gasteiger partial charge >= 0.3 is 0 Å². The van der Waals surface area contributed by atoms with E-state index >= 15 is 0 Å². The Kier molecular flexibility index (Phi) is 4.08. The lowest BCUT2D eigenvalue weighted by Gasteiger charge is -2.21. The molecule has 12 heavy (non-hydrogen) atoms. The molecule has 1 aliphatic carbocycles. The Balaban J connectivity index is 2.09. The van der Waals surface area contributed by atoms with Gasteiger partial charge in [0, 0.05) is 7.05 Å². The quantitative estimate of drug-likeness (QED) is 0.690. The number of ether oxygens (including phenoxy) is 1.